The normalized spacial score (nSPS) is 21.1. The van der Waals surface area contributed by atoms with Crippen LogP contribution in [0.15, 0.2) is 41.4 Å². The number of esters is 1. The van der Waals surface area contributed by atoms with Crippen LogP contribution in [0.5, 0.6) is 11.5 Å². The molecule has 2 rings (SSSR count). The molecule has 1 aliphatic heterocycles. The van der Waals surface area contributed by atoms with Crippen LogP contribution in [0.4, 0.5) is 0 Å². The molecule has 0 N–H and O–H groups in total. The molecular weight excluding hydrogens is 496 g/mol. The number of benzene rings is 1. The van der Waals surface area contributed by atoms with Gasteiger partial charge < -0.3 is 13.9 Å². The number of fused-ring (bicyclic) bond motifs is 1. The van der Waals surface area contributed by atoms with Gasteiger partial charge in [-0.25, -0.2) is 4.79 Å². The highest BCUT2D eigenvalue weighted by atomic mass is 79.9. The van der Waals surface area contributed by atoms with Gasteiger partial charge in [-0.05, 0) is 65.5 Å². The van der Waals surface area contributed by atoms with Crippen LogP contribution in [0.1, 0.15) is 74.3 Å². The van der Waals surface area contributed by atoms with E-state index < -0.39 is 25.8 Å². The summed E-state index contributed by atoms with van der Waals surface area (Å²) in [5.41, 5.74) is 1.98. The molecule has 1 aromatic carbocycles. The zero-order valence-corrected chi connectivity index (χ0v) is 24.3. The van der Waals surface area contributed by atoms with Crippen molar-refractivity contribution >= 4 is 30.2 Å². The molecule has 0 saturated carbocycles. The van der Waals surface area contributed by atoms with Crippen LogP contribution in [0.25, 0.3) is 0 Å². The van der Waals surface area contributed by atoms with E-state index >= 15 is 0 Å². The zero-order chi connectivity index (χ0) is 25.3. The molecule has 184 valence electrons. The predicted octanol–water partition coefficient (Wildman–Crippen LogP) is 8.11. The van der Waals surface area contributed by atoms with E-state index in [1.807, 2.05) is 19.1 Å². The van der Waals surface area contributed by atoms with Crippen molar-refractivity contribution in [3.8, 4) is 11.5 Å². The fourth-order valence-corrected chi connectivity index (χ4v) is 11.2. The van der Waals surface area contributed by atoms with Crippen molar-refractivity contribution < 1.29 is 18.7 Å². The van der Waals surface area contributed by atoms with Gasteiger partial charge in [-0.3, -0.25) is 0 Å². The number of carbonyl (C=O) groups is 1. The van der Waals surface area contributed by atoms with Crippen molar-refractivity contribution in [3.63, 3.8) is 0 Å². The number of carbonyl (C=O) groups excluding carboxylic acids is 1. The Balaban J connectivity index is 2.75. The minimum absolute atomic E-state index is 0.232. The summed E-state index contributed by atoms with van der Waals surface area (Å²) in [5, 5.41) is 0. The molecule has 0 radical (unpaired) electrons. The quantitative estimate of drug-likeness (QED) is 0.131. The van der Waals surface area contributed by atoms with Gasteiger partial charge in [-0.15, -0.1) is 6.58 Å². The van der Waals surface area contributed by atoms with Gasteiger partial charge in [0.1, 0.15) is 23.7 Å². The van der Waals surface area contributed by atoms with Gasteiger partial charge in [-0.1, -0.05) is 54.2 Å². The first-order valence-corrected chi connectivity index (χ1v) is 14.8. The van der Waals surface area contributed by atoms with Crippen LogP contribution >= 0.6 is 15.9 Å². The van der Waals surface area contributed by atoms with Gasteiger partial charge in [0, 0.05) is 17.6 Å². The van der Waals surface area contributed by atoms with E-state index in [-0.39, 0.29) is 6.10 Å². The standard InChI is InChI=1S/C27H41BrO4Si/c1-12-13-23(31-26(29)16(2)3)27(11)20(10)30-25-21(28)14-15-22(24(25)27)32-33(17(4)5,18(6)7)19(8)9/h12,14-15,17-20,23H,1-2,13H2,3-11H3/t20-,23-,27-/m1/s1. The number of hydrogen-bond donors (Lipinski definition) is 0. The van der Waals surface area contributed by atoms with Gasteiger partial charge in [0.2, 0.25) is 0 Å². The van der Waals surface area contributed by atoms with Crippen molar-refractivity contribution in [2.45, 2.75) is 103 Å². The van der Waals surface area contributed by atoms with Gasteiger partial charge in [0.15, 0.2) is 0 Å². The summed E-state index contributed by atoms with van der Waals surface area (Å²) in [6.45, 7) is 27.1. The third-order valence-electron chi connectivity index (χ3n) is 7.39. The number of rotatable bonds is 10. The molecule has 0 fully saturated rings. The SMILES string of the molecule is C=CC[C@@H](OC(=O)C(=C)C)[C@]1(C)c2c(O[Si](C(C)C)(C(C)C)C(C)C)ccc(Br)c2O[C@@H]1C. The van der Waals surface area contributed by atoms with Gasteiger partial charge in [0.05, 0.1) is 9.89 Å². The van der Waals surface area contributed by atoms with Crippen LogP contribution in [-0.4, -0.2) is 26.5 Å². The zero-order valence-electron chi connectivity index (χ0n) is 21.8. The Morgan fingerprint density at radius 2 is 1.76 bits per heavy atom. The van der Waals surface area contributed by atoms with E-state index in [1.54, 1.807) is 13.0 Å². The van der Waals surface area contributed by atoms with Crippen LogP contribution in [-0.2, 0) is 14.9 Å². The molecule has 33 heavy (non-hydrogen) atoms. The summed E-state index contributed by atoms with van der Waals surface area (Å²) in [6.07, 6.45) is 1.58. The summed E-state index contributed by atoms with van der Waals surface area (Å²) in [7, 11) is -2.23. The second-order valence-corrected chi connectivity index (χ2v) is 16.6. The highest BCUT2D eigenvalue weighted by Crippen LogP contribution is 2.55. The average Bonchev–Trinajstić information content (AvgIpc) is 2.99. The molecule has 0 unspecified atom stereocenters. The van der Waals surface area contributed by atoms with Gasteiger partial charge in [0.25, 0.3) is 8.32 Å². The molecule has 0 aliphatic carbocycles. The maximum absolute atomic E-state index is 12.6. The first-order chi connectivity index (χ1) is 15.2. The van der Waals surface area contributed by atoms with E-state index in [9.17, 15) is 4.79 Å². The number of ether oxygens (including phenoxy) is 2. The van der Waals surface area contributed by atoms with Crippen molar-refractivity contribution in [3.05, 3.63) is 47.0 Å². The Labute approximate surface area is 210 Å². The van der Waals surface area contributed by atoms with Crippen LogP contribution in [0.3, 0.4) is 0 Å². The maximum Gasteiger partial charge on any atom is 0.333 e. The van der Waals surface area contributed by atoms with E-state index in [2.05, 4.69) is 77.6 Å². The largest absolute Gasteiger partial charge is 0.542 e. The summed E-state index contributed by atoms with van der Waals surface area (Å²) in [5.74, 6) is 1.20. The Morgan fingerprint density at radius 3 is 2.21 bits per heavy atom. The highest BCUT2D eigenvalue weighted by molar-refractivity contribution is 9.10. The molecule has 0 spiro atoms. The van der Waals surface area contributed by atoms with E-state index in [1.165, 1.54) is 0 Å². The topological polar surface area (TPSA) is 44.8 Å². The van der Waals surface area contributed by atoms with Crippen molar-refractivity contribution in [1.29, 1.82) is 0 Å². The third kappa shape index (κ3) is 4.83. The summed E-state index contributed by atoms with van der Waals surface area (Å²) >= 11 is 3.68. The van der Waals surface area contributed by atoms with Crippen LogP contribution in [0.2, 0.25) is 16.6 Å². The molecule has 0 bridgehead atoms. The molecule has 0 aromatic heterocycles. The highest BCUT2D eigenvalue weighted by Gasteiger charge is 2.54. The number of hydrogen-bond acceptors (Lipinski definition) is 4. The second-order valence-electron chi connectivity index (χ2n) is 10.4. The second kappa shape index (κ2) is 10.4. The summed E-state index contributed by atoms with van der Waals surface area (Å²) in [4.78, 5) is 12.6. The first-order valence-electron chi connectivity index (χ1n) is 11.9. The monoisotopic (exact) mass is 536 g/mol. The lowest BCUT2D eigenvalue weighted by atomic mass is 9.73. The molecule has 4 nitrogen and oxygen atoms in total. The van der Waals surface area contributed by atoms with E-state index in [0.717, 1.165) is 21.5 Å². The lowest BCUT2D eigenvalue weighted by Crippen LogP contribution is -2.52. The van der Waals surface area contributed by atoms with Gasteiger partial charge in [-0.2, -0.15) is 0 Å². The predicted molar refractivity (Wildman–Crippen MR) is 143 cm³/mol. The molecular formula is C27H41BrO4Si. The molecule has 1 heterocycles. The van der Waals surface area contributed by atoms with Crippen LogP contribution < -0.4 is 9.16 Å². The molecule has 3 atom stereocenters. The summed E-state index contributed by atoms with van der Waals surface area (Å²) < 4.78 is 20.4. The Hall–Kier alpha value is -1.53. The molecule has 0 amide bonds. The Bertz CT molecular complexity index is 886. The number of halogens is 1. The van der Waals surface area contributed by atoms with Crippen LogP contribution in [0, 0.1) is 0 Å². The molecule has 0 saturated heterocycles. The molecule has 6 heteroatoms. The van der Waals surface area contributed by atoms with Crippen molar-refractivity contribution in [2.75, 3.05) is 0 Å². The van der Waals surface area contributed by atoms with Crippen molar-refractivity contribution in [1.82, 2.24) is 0 Å². The average molecular weight is 538 g/mol. The first kappa shape index (κ1) is 27.7. The third-order valence-corrected chi connectivity index (χ3v) is 14.0. The molecule has 1 aliphatic rings. The lowest BCUT2D eigenvalue weighted by Gasteiger charge is -2.44. The van der Waals surface area contributed by atoms with Gasteiger partial charge >= 0.3 is 5.97 Å². The Morgan fingerprint density at radius 1 is 1.21 bits per heavy atom. The maximum atomic E-state index is 12.6. The molecule has 1 aromatic rings. The van der Waals surface area contributed by atoms with Crippen molar-refractivity contribution in [2.24, 2.45) is 0 Å². The summed E-state index contributed by atoms with van der Waals surface area (Å²) in [6, 6.07) is 4.04. The smallest absolute Gasteiger partial charge is 0.333 e. The Kier molecular flexibility index (Phi) is 8.72. The lowest BCUT2D eigenvalue weighted by molar-refractivity contribution is -0.149. The van der Waals surface area contributed by atoms with E-state index in [0.29, 0.717) is 28.6 Å². The van der Waals surface area contributed by atoms with E-state index in [4.69, 9.17) is 13.9 Å². The minimum Gasteiger partial charge on any atom is -0.542 e. The fraction of sp³-hybridized carbons (Fsp3) is 0.593. The minimum atomic E-state index is -2.23. The fourth-order valence-electron chi connectivity index (χ4n) is 5.52.